The minimum atomic E-state index is -0.123. The first-order chi connectivity index (χ1) is 9.59. The van der Waals surface area contributed by atoms with E-state index in [0.29, 0.717) is 47.9 Å². The molecular weight excluding hydrogens is 301 g/mol. The molecule has 0 radical (unpaired) electrons. The van der Waals surface area contributed by atoms with Gasteiger partial charge >= 0.3 is 0 Å². The molecule has 0 spiro atoms. The molecule has 2 rings (SSSR count). The van der Waals surface area contributed by atoms with Gasteiger partial charge in [-0.05, 0) is 12.1 Å². The minimum absolute atomic E-state index is 0.123. The Morgan fingerprint density at radius 1 is 1.30 bits per heavy atom. The van der Waals surface area contributed by atoms with Gasteiger partial charge in [-0.25, -0.2) is 0 Å². The Morgan fingerprint density at radius 2 is 1.90 bits per heavy atom. The Bertz CT molecular complexity index is 508. The third-order valence-electron chi connectivity index (χ3n) is 2.86. The standard InChI is InChI=1S/C13H15Cl2N3O2/c1-9(19)13(18-5-7-20-8-6-18)17-16-12-10(14)3-2-4-11(12)15/h2-4,16H,5-8H2,1H3/b17-13-. The third-order valence-corrected chi connectivity index (χ3v) is 3.49. The first-order valence-electron chi connectivity index (χ1n) is 6.21. The first-order valence-corrected chi connectivity index (χ1v) is 6.96. The van der Waals surface area contributed by atoms with Crippen molar-refractivity contribution >= 4 is 40.5 Å². The fraction of sp³-hybridized carbons (Fsp3) is 0.385. The average molecular weight is 316 g/mol. The summed E-state index contributed by atoms with van der Waals surface area (Å²) in [7, 11) is 0. The highest BCUT2D eigenvalue weighted by molar-refractivity contribution is 6.40. The van der Waals surface area contributed by atoms with Crippen LogP contribution < -0.4 is 5.43 Å². The zero-order valence-corrected chi connectivity index (χ0v) is 12.5. The van der Waals surface area contributed by atoms with E-state index in [1.165, 1.54) is 6.92 Å². The molecule has 1 aromatic rings. The van der Waals surface area contributed by atoms with Gasteiger partial charge in [0.1, 0.15) is 0 Å². The van der Waals surface area contributed by atoms with Gasteiger partial charge in [-0.15, -0.1) is 0 Å². The zero-order valence-electron chi connectivity index (χ0n) is 11.0. The van der Waals surface area contributed by atoms with Crippen LogP contribution >= 0.6 is 23.2 Å². The smallest absolute Gasteiger partial charge is 0.196 e. The SMILES string of the molecule is CC(=O)/C(=N/Nc1c(Cl)cccc1Cl)N1CCOCC1. The van der Waals surface area contributed by atoms with Gasteiger partial charge in [0, 0.05) is 20.0 Å². The van der Waals surface area contributed by atoms with Crippen LogP contribution in [0.2, 0.25) is 10.0 Å². The molecule has 1 N–H and O–H groups in total. The number of morpholine rings is 1. The predicted octanol–water partition coefficient (Wildman–Crippen LogP) is 2.64. The summed E-state index contributed by atoms with van der Waals surface area (Å²) in [5.74, 6) is 0.229. The first kappa shape index (κ1) is 15.1. The summed E-state index contributed by atoms with van der Waals surface area (Å²) in [6, 6.07) is 5.15. The summed E-state index contributed by atoms with van der Waals surface area (Å²) in [5.41, 5.74) is 3.27. The number of benzene rings is 1. The predicted molar refractivity (Wildman–Crippen MR) is 80.6 cm³/mol. The van der Waals surface area contributed by atoms with Gasteiger partial charge in [-0.1, -0.05) is 29.3 Å². The molecule has 1 saturated heterocycles. The van der Waals surface area contributed by atoms with E-state index in [-0.39, 0.29) is 5.78 Å². The molecule has 0 aliphatic carbocycles. The van der Waals surface area contributed by atoms with Crippen molar-refractivity contribution in [2.75, 3.05) is 31.7 Å². The zero-order chi connectivity index (χ0) is 14.5. The normalized spacial score (nSPS) is 16.1. The number of anilines is 1. The number of nitrogens with one attached hydrogen (secondary N) is 1. The second-order valence-corrected chi connectivity index (χ2v) is 5.11. The van der Waals surface area contributed by atoms with Crippen LogP contribution in [0.5, 0.6) is 0 Å². The highest BCUT2D eigenvalue weighted by Crippen LogP contribution is 2.29. The highest BCUT2D eigenvalue weighted by Gasteiger charge is 2.19. The quantitative estimate of drug-likeness (QED) is 0.529. The average Bonchev–Trinajstić information content (AvgIpc) is 2.43. The number of Topliss-reactive ketones (excluding diaryl/α,β-unsaturated/α-hetero) is 1. The number of nitrogens with zero attached hydrogens (tertiary/aromatic N) is 2. The molecule has 0 aromatic heterocycles. The number of rotatable bonds is 3. The molecule has 5 nitrogen and oxygen atoms in total. The number of amidine groups is 1. The van der Waals surface area contributed by atoms with E-state index in [0.717, 1.165) is 0 Å². The summed E-state index contributed by atoms with van der Waals surface area (Å²) in [6.45, 7) is 3.91. The van der Waals surface area contributed by atoms with Crippen LogP contribution in [0.4, 0.5) is 5.69 Å². The summed E-state index contributed by atoms with van der Waals surface area (Å²) in [5, 5.41) is 5.06. The van der Waals surface area contributed by atoms with Crippen molar-refractivity contribution in [3.63, 3.8) is 0 Å². The van der Waals surface area contributed by atoms with Crippen molar-refractivity contribution in [3.05, 3.63) is 28.2 Å². The van der Waals surface area contributed by atoms with E-state index in [1.807, 2.05) is 4.90 Å². The molecule has 0 unspecified atom stereocenters. The van der Waals surface area contributed by atoms with Gasteiger partial charge < -0.3 is 9.64 Å². The maximum Gasteiger partial charge on any atom is 0.196 e. The van der Waals surface area contributed by atoms with Crippen molar-refractivity contribution < 1.29 is 9.53 Å². The van der Waals surface area contributed by atoms with Crippen LogP contribution in [0.1, 0.15) is 6.92 Å². The molecule has 20 heavy (non-hydrogen) atoms. The number of ether oxygens (including phenoxy) is 1. The van der Waals surface area contributed by atoms with Crippen LogP contribution in [0.25, 0.3) is 0 Å². The Morgan fingerprint density at radius 3 is 2.45 bits per heavy atom. The Labute approximate surface area is 127 Å². The van der Waals surface area contributed by atoms with Gasteiger partial charge in [-0.2, -0.15) is 5.10 Å². The molecule has 1 heterocycles. The number of para-hydroxylation sites is 1. The summed E-state index contributed by atoms with van der Waals surface area (Å²) < 4.78 is 5.26. The van der Waals surface area contributed by atoms with Gasteiger partial charge in [0.25, 0.3) is 0 Å². The van der Waals surface area contributed by atoms with Crippen LogP contribution in [0, 0.1) is 0 Å². The van der Waals surface area contributed by atoms with E-state index in [9.17, 15) is 4.79 Å². The maximum absolute atomic E-state index is 11.7. The van der Waals surface area contributed by atoms with Crippen LogP contribution in [-0.2, 0) is 9.53 Å². The lowest BCUT2D eigenvalue weighted by Gasteiger charge is -2.28. The Hall–Kier alpha value is -1.30. The molecule has 7 heteroatoms. The van der Waals surface area contributed by atoms with E-state index in [2.05, 4.69) is 10.5 Å². The molecule has 1 aromatic carbocycles. The fourth-order valence-electron chi connectivity index (χ4n) is 1.86. The minimum Gasteiger partial charge on any atom is -0.378 e. The fourth-order valence-corrected chi connectivity index (χ4v) is 2.34. The van der Waals surface area contributed by atoms with Crippen molar-refractivity contribution in [1.29, 1.82) is 0 Å². The van der Waals surface area contributed by atoms with Crippen molar-refractivity contribution in [2.45, 2.75) is 6.92 Å². The second kappa shape index (κ2) is 6.92. The molecule has 1 fully saturated rings. The second-order valence-electron chi connectivity index (χ2n) is 4.30. The van der Waals surface area contributed by atoms with E-state index < -0.39 is 0 Å². The van der Waals surface area contributed by atoms with Gasteiger partial charge in [0.2, 0.25) is 0 Å². The lowest BCUT2D eigenvalue weighted by molar-refractivity contribution is -0.112. The van der Waals surface area contributed by atoms with E-state index in [4.69, 9.17) is 27.9 Å². The van der Waals surface area contributed by atoms with Crippen LogP contribution in [0.3, 0.4) is 0 Å². The maximum atomic E-state index is 11.7. The lowest BCUT2D eigenvalue weighted by Crippen LogP contribution is -2.44. The monoisotopic (exact) mass is 315 g/mol. The Balaban J connectivity index is 2.19. The number of halogens is 2. The van der Waals surface area contributed by atoms with Crippen LogP contribution in [0.15, 0.2) is 23.3 Å². The molecule has 0 saturated carbocycles. The third kappa shape index (κ3) is 3.62. The molecule has 0 atom stereocenters. The van der Waals surface area contributed by atoms with Crippen molar-refractivity contribution in [1.82, 2.24) is 4.90 Å². The van der Waals surface area contributed by atoms with E-state index in [1.54, 1.807) is 18.2 Å². The number of hydrazone groups is 1. The van der Waals surface area contributed by atoms with Crippen LogP contribution in [-0.4, -0.2) is 42.8 Å². The van der Waals surface area contributed by atoms with Gasteiger partial charge in [0.05, 0.1) is 28.9 Å². The Kier molecular flexibility index (Phi) is 5.23. The molecule has 0 amide bonds. The highest BCUT2D eigenvalue weighted by atomic mass is 35.5. The summed E-state index contributed by atoms with van der Waals surface area (Å²) >= 11 is 12.1. The summed E-state index contributed by atoms with van der Waals surface area (Å²) in [6.07, 6.45) is 0. The molecule has 1 aliphatic rings. The molecule has 0 bridgehead atoms. The van der Waals surface area contributed by atoms with Crippen molar-refractivity contribution in [2.24, 2.45) is 5.10 Å². The van der Waals surface area contributed by atoms with Crippen molar-refractivity contribution in [3.8, 4) is 0 Å². The lowest BCUT2D eigenvalue weighted by atomic mass is 10.3. The largest absolute Gasteiger partial charge is 0.378 e. The number of carbonyl (C=O) groups excluding carboxylic acids is 1. The number of carbonyl (C=O) groups is 1. The number of hydrogen-bond acceptors (Lipinski definition) is 4. The molecule has 108 valence electrons. The van der Waals surface area contributed by atoms with Gasteiger partial charge in [-0.3, -0.25) is 10.2 Å². The number of ketones is 1. The summed E-state index contributed by atoms with van der Waals surface area (Å²) in [4.78, 5) is 13.6. The number of hydrogen-bond donors (Lipinski definition) is 1. The topological polar surface area (TPSA) is 53.9 Å². The van der Waals surface area contributed by atoms with E-state index >= 15 is 0 Å². The molecular formula is C13H15Cl2N3O2. The molecule has 1 aliphatic heterocycles. The van der Waals surface area contributed by atoms with Gasteiger partial charge in [0.15, 0.2) is 11.6 Å².